The summed E-state index contributed by atoms with van der Waals surface area (Å²) in [7, 11) is 2.68. The van der Waals surface area contributed by atoms with E-state index in [1.165, 1.54) is 20.2 Å². The third-order valence-electron chi connectivity index (χ3n) is 2.87. The van der Waals surface area contributed by atoms with E-state index in [0.717, 1.165) is 27.5 Å². The molecule has 0 aliphatic heterocycles. The number of ketones is 1. The second-order valence-electron chi connectivity index (χ2n) is 4.40. The van der Waals surface area contributed by atoms with Gasteiger partial charge in [-0.15, -0.1) is 0 Å². The van der Waals surface area contributed by atoms with Crippen LogP contribution in [0.3, 0.4) is 0 Å². The smallest absolute Gasteiger partial charge is 0.330 e. The van der Waals surface area contributed by atoms with Gasteiger partial charge in [-0.25, -0.2) is 9.18 Å². The highest BCUT2D eigenvalue weighted by atomic mass is 19.1. The van der Waals surface area contributed by atoms with Crippen LogP contribution in [0.1, 0.15) is 15.9 Å². The number of aromatic nitrogens is 2. The predicted octanol–water partition coefficient (Wildman–Crippen LogP) is 0.0363. The number of rotatable bonds is 2. The Morgan fingerprint density at radius 1 is 1.20 bits per heavy atom. The lowest BCUT2D eigenvalue weighted by Gasteiger charge is -2.06. The molecule has 1 aromatic carbocycles. The standard InChI is InChI=1S/C13H12FN3O3/c1-16-6-10(12(19)17(2)13(16)20)11(18)7-3-8(14)5-9(15)4-7/h3-6H,15H2,1-2H3. The van der Waals surface area contributed by atoms with Crippen LogP contribution < -0.4 is 17.0 Å². The lowest BCUT2D eigenvalue weighted by Crippen LogP contribution is -2.39. The summed E-state index contributed by atoms with van der Waals surface area (Å²) in [5.74, 6) is -1.36. The van der Waals surface area contributed by atoms with Gasteiger partial charge in [0.1, 0.15) is 11.4 Å². The third kappa shape index (κ3) is 2.25. The molecule has 7 heteroatoms. The van der Waals surface area contributed by atoms with E-state index >= 15 is 0 Å². The molecule has 0 bridgehead atoms. The zero-order valence-electron chi connectivity index (χ0n) is 10.9. The van der Waals surface area contributed by atoms with Crippen molar-refractivity contribution in [1.29, 1.82) is 0 Å². The summed E-state index contributed by atoms with van der Waals surface area (Å²) in [6.07, 6.45) is 1.13. The molecule has 2 rings (SSSR count). The summed E-state index contributed by atoms with van der Waals surface area (Å²) in [6.45, 7) is 0. The van der Waals surface area contributed by atoms with E-state index in [0.29, 0.717) is 0 Å². The highest BCUT2D eigenvalue weighted by Crippen LogP contribution is 2.13. The number of hydrogen-bond acceptors (Lipinski definition) is 4. The molecule has 1 heterocycles. The predicted molar refractivity (Wildman–Crippen MR) is 71.2 cm³/mol. The van der Waals surface area contributed by atoms with Crippen molar-refractivity contribution in [2.24, 2.45) is 14.1 Å². The molecule has 2 aromatic rings. The number of aryl methyl sites for hydroxylation is 1. The van der Waals surface area contributed by atoms with Crippen LogP contribution in [0.2, 0.25) is 0 Å². The summed E-state index contributed by atoms with van der Waals surface area (Å²) < 4.78 is 15.2. The monoisotopic (exact) mass is 277 g/mol. The molecule has 0 fully saturated rings. The highest BCUT2D eigenvalue weighted by Gasteiger charge is 2.17. The number of nitrogen functional groups attached to an aromatic ring is 1. The van der Waals surface area contributed by atoms with Crippen molar-refractivity contribution in [1.82, 2.24) is 9.13 Å². The van der Waals surface area contributed by atoms with Gasteiger partial charge in [0, 0.05) is 31.5 Å². The Balaban J connectivity index is 2.66. The molecular formula is C13H12FN3O3. The number of nitrogens with zero attached hydrogens (tertiary/aromatic N) is 2. The Morgan fingerprint density at radius 3 is 2.45 bits per heavy atom. The molecule has 0 unspecified atom stereocenters. The van der Waals surface area contributed by atoms with Gasteiger partial charge in [0.05, 0.1) is 0 Å². The van der Waals surface area contributed by atoms with Crippen molar-refractivity contribution in [2.75, 3.05) is 5.73 Å². The minimum absolute atomic E-state index is 0.0433. The number of carbonyl (C=O) groups excluding carboxylic acids is 1. The second kappa shape index (κ2) is 4.76. The molecule has 0 radical (unpaired) electrons. The van der Waals surface area contributed by atoms with E-state index in [1.54, 1.807) is 0 Å². The maximum Gasteiger partial charge on any atom is 0.330 e. The summed E-state index contributed by atoms with van der Waals surface area (Å²) in [5.41, 5.74) is 3.99. The van der Waals surface area contributed by atoms with Crippen LogP contribution in [-0.4, -0.2) is 14.9 Å². The van der Waals surface area contributed by atoms with Crippen LogP contribution >= 0.6 is 0 Å². The maximum absolute atomic E-state index is 13.3. The summed E-state index contributed by atoms with van der Waals surface area (Å²) in [6, 6.07) is 3.33. The molecule has 0 saturated heterocycles. The number of halogens is 1. The normalized spacial score (nSPS) is 10.6. The molecule has 0 atom stereocenters. The van der Waals surface area contributed by atoms with Gasteiger partial charge < -0.3 is 10.3 Å². The molecule has 0 aliphatic carbocycles. The molecule has 20 heavy (non-hydrogen) atoms. The van der Waals surface area contributed by atoms with E-state index < -0.39 is 22.8 Å². The summed E-state index contributed by atoms with van der Waals surface area (Å²) in [4.78, 5) is 35.7. The molecule has 0 aliphatic rings. The number of carbonyl (C=O) groups is 1. The van der Waals surface area contributed by atoms with Crippen LogP contribution in [0.4, 0.5) is 10.1 Å². The Bertz CT molecular complexity index is 800. The molecule has 104 valence electrons. The average molecular weight is 277 g/mol. The molecular weight excluding hydrogens is 265 g/mol. The molecule has 2 N–H and O–H groups in total. The van der Waals surface area contributed by atoms with Gasteiger partial charge in [0.15, 0.2) is 5.78 Å². The average Bonchev–Trinajstić information content (AvgIpc) is 2.38. The summed E-state index contributed by atoms with van der Waals surface area (Å²) >= 11 is 0. The summed E-state index contributed by atoms with van der Waals surface area (Å²) in [5, 5.41) is 0. The van der Waals surface area contributed by atoms with Crippen LogP contribution in [0.25, 0.3) is 0 Å². The van der Waals surface area contributed by atoms with Crippen molar-refractivity contribution in [3.8, 4) is 0 Å². The SMILES string of the molecule is Cn1cc(C(=O)c2cc(N)cc(F)c2)c(=O)n(C)c1=O. The fourth-order valence-electron chi connectivity index (χ4n) is 1.86. The van der Waals surface area contributed by atoms with Gasteiger partial charge in [-0.05, 0) is 18.2 Å². The van der Waals surface area contributed by atoms with Crippen molar-refractivity contribution in [3.05, 3.63) is 62.2 Å². The number of anilines is 1. The fraction of sp³-hybridized carbons (Fsp3) is 0.154. The topological polar surface area (TPSA) is 87.1 Å². The molecule has 6 nitrogen and oxygen atoms in total. The van der Waals surface area contributed by atoms with E-state index in [-0.39, 0.29) is 16.8 Å². The molecule has 1 aromatic heterocycles. The van der Waals surface area contributed by atoms with Crippen molar-refractivity contribution in [2.45, 2.75) is 0 Å². The first-order valence-electron chi connectivity index (χ1n) is 5.68. The number of hydrogen-bond donors (Lipinski definition) is 1. The lowest BCUT2D eigenvalue weighted by atomic mass is 10.0. The zero-order valence-corrected chi connectivity index (χ0v) is 10.9. The molecule has 0 saturated carbocycles. The third-order valence-corrected chi connectivity index (χ3v) is 2.87. The van der Waals surface area contributed by atoms with Gasteiger partial charge in [-0.3, -0.25) is 14.2 Å². The molecule has 0 amide bonds. The van der Waals surface area contributed by atoms with Gasteiger partial charge in [-0.1, -0.05) is 0 Å². The van der Waals surface area contributed by atoms with E-state index in [2.05, 4.69) is 0 Å². The van der Waals surface area contributed by atoms with Gasteiger partial charge in [0.25, 0.3) is 5.56 Å². The fourth-order valence-corrected chi connectivity index (χ4v) is 1.86. The Morgan fingerprint density at radius 2 is 1.85 bits per heavy atom. The maximum atomic E-state index is 13.3. The van der Waals surface area contributed by atoms with Crippen molar-refractivity contribution >= 4 is 11.5 Å². The van der Waals surface area contributed by atoms with Crippen LogP contribution in [0, 0.1) is 5.82 Å². The quantitative estimate of drug-likeness (QED) is 0.620. The first-order valence-corrected chi connectivity index (χ1v) is 5.68. The minimum atomic E-state index is -0.735. The first-order chi connectivity index (χ1) is 9.31. The van der Waals surface area contributed by atoms with Gasteiger partial charge in [0.2, 0.25) is 0 Å². The van der Waals surface area contributed by atoms with Crippen molar-refractivity contribution < 1.29 is 9.18 Å². The Hall–Kier alpha value is -2.70. The van der Waals surface area contributed by atoms with E-state index in [4.69, 9.17) is 5.73 Å². The minimum Gasteiger partial charge on any atom is -0.399 e. The molecule has 0 spiro atoms. The van der Waals surface area contributed by atoms with Crippen molar-refractivity contribution in [3.63, 3.8) is 0 Å². The van der Waals surface area contributed by atoms with E-state index in [9.17, 15) is 18.8 Å². The van der Waals surface area contributed by atoms with Gasteiger partial charge in [-0.2, -0.15) is 0 Å². The second-order valence-corrected chi connectivity index (χ2v) is 4.40. The highest BCUT2D eigenvalue weighted by molar-refractivity contribution is 6.09. The van der Waals surface area contributed by atoms with Crippen LogP contribution in [0.15, 0.2) is 34.0 Å². The Kier molecular flexibility index (Phi) is 3.27. The lowest BCUT2D eigenvalue weighted by molar-refractivity contribution is 0.103. The Labute approximate surface area is 112 Å². The van der Waals surface area contributed by atoms with E-state index in [1.807, 2.05) is 0 Å². The van der Waals surface area contributed by atoms with Crippen LogP contribution in [0.5, 0.6) is 0 Å². The van der Waals surface area contributed by atoms with Crippen LogP contribution in [-0.2, 0) is 14.1 Å². The number of nitrogens with two attached hydrogens (primary N) is 1. The van der Waals surface area contributed by atoms with Gasteiger partial charge >= 0.3 is 5.69 Å². The first kappa shape index (κ1) is 13.7. The largest absolute Gasteiger partial charge is 0.399 e. The zero-order chi connectivity index (χ0) is 15.0. The number of benzene rings is 1.